The Morgan fingerprint density at radius 2 is 1.44 bits per heavy atom. The minimum absolute atomic E-state index is 0.207. The second kappa shape index (κ2) is 9.76. The first-order valence-corrected chi connectivity index (χ1v) is 12.5. The Balaban J connectivity index is 1.14. The Hall–Kier alpha value is -4.28. The Labute approximate surface area is 210 Å². The molecule has 1 aliphatic rings. The van der Waals surface area contributed by atoms with Crippen molar-refractivity contribution < 1.29 is 9.69 Å². The highest BCUT2D eigenvalue weighted by Gasteiger charge is 2.19. The van der Waals surface area contributed by atoms with Crippen LogP contribution in [0, 0.1) is 0 Å². The monoisotopic (exact) mass is 470 g/mol. The standard InChI is InChI=1S/C32H27N3O/c36-32(25-15-13-23(14-16-25)21-35-18-17-24-7-1-2-10-28(24)22-35)34-33-20-31-29-11-5-3-8-26(29)19-27-9-4-6-12-30(27)31/h1-16,19-20H,17-18,21-22H2,(H,34,36)/p+1. The first kappa shape index (κ1) is 22.2. The Kier molecular flexibility index (Phi) is 6.02. The highest BCUT2D eigenvalue weighted by Crippen LogP contribution is 2.27. The number of hydrazone groups is 1. The number of amides is 1. The smallest absolute Gasteiger partial charge is 0.271 e. The fraction of sp³-hybridized carbons (Fsp3) is 0.125. The van der Waals surface area contributed by atoms with Crippen molar-refractivity contribution in [2.75, 3.05) is 6.54 Å². The van der Waals surface area contributed by atoms with Gasteiger partial charge in [0, 0.05) is 28.7 Å². The molecule has 1 amide bonds. The SMILES string of the molecule is O=C(NN=Cc1c2ccccc2cc2ccccc12)c1ccc(C[NH+]2CCc3ccccc3C2)cc1. The van der Waals surface area contributed by atoms with Gasteiger partial charge in [0.25, 0.3) is 5.91 Å². The molecule has 0 aromatic heterocycles. The molecule has 176 valence electrons. The van der Waals surface area contributed by atoms with Gasteiger partial charge in [-0.05, 0) is 45.3 Å². The molecule has 4 heteroatoms. The lowest BCUT2D eigenvalue weighted by molar-refractivity contribution is -0.929. The van der Waals surface area contributed by atoms with Crippen LogP contribution in [0.1, 0.15) is 32.6 Å². The van der Waals surface area contributed by atoms with Crippen molar-refractivity contribution in [3.8, 4) is 0 Å². The van der Waals surface area contributed by atoms with E-state index in [0.717, 1.165) is 53.2 Å². The number of benzene rings is 5. The van der Waals surface area contributed by atoms with E-state index in [1.54, 1.807) is 11.1 Å². The van der Waals surface area contributed by atoms with E-state index in [1.807, 2.05) is 36.4 Å². The van der Waals surface area contributed by atoms with E-state index >= 15 is 0 Å². The average molecular weight is 471 g/mol. The third kappa shape index (κ3) is 4.51. The van der Waals surface area contributed by atoms with Crippen molar-refractivity contribution in [1.29, 1.82) is 0 Å². The van der Waals surface area contributed by atoms with E-state index in [2.05, 4.69) is 77.3 Å². The largest absolute Gasteiger partial charge is 0.327 e. The van der Waals surface area contributed by atoms with Crippen LogP contribution in [0.5, 0.6) is 0 Å². The molecular formula is C32H28N3O+. The zero-order valence-corrected chi connectivity index (χ0v) is 20.1. The highest BCUT2D eigenvalue weighted by molar-refractivity contribution is 6.13. The van der Waals surface area contributed by atoms with Crippen LogP contribution in [0.15, 0.2) is 108 Å². The second-order valence-electron chi connectivity index (χ2n) is 9.50. The Bertz CT molecular complexity index is 1530. The third-order valence-corrected chi connectivity index (χ3v) is 7.15. The summed E-state index contributed by atoms with van der Waals surface area (Å²) >= 11 is 0. The summed E-state index contributed by atoms with van der Waals surface area (Å²) in [5.74, 6) is -0.207. The average Bonchev–Trinajstić information content (AvgIpc) is 2.93. The topological polar surface area (TPSA) is 45.9 Å². The van der Waals surface area contributed by atoms with Crippen LogP contribution in [-0.4, -0.2) is 18.7 Å². The Morgan fingerprint density at radius 3 is 2.17 bits per heavy atom. The van der Waals surface area contributed by atoms with Crippen molar-refractivity contribution in [2.24, 2.45) is 5.10 Å². The summed E-state index contributed by atoms with van der Waals surface area (Å²) in [7, 11) is 0. The predicted molar refractivity (Wildman–Crippen MR) is 146 cm³/mol. The van der Waals surface area contributed by atoms with Gasteiger partial charge < -0.3 is 4.90 Å². The number of quaternary nitrogens is 1. The Morgan fingerprint density at radius 1 is 0.806 bits per heavy atom. The second-order valence-corrected chi connectivity index (χ2v) is 9.50. The van der Waals surface area contributed by atoms with E-state index in [0.29, 0.717) is 5.56 Å². The molecule has 0 fully saturated rings. The summed E-state index contributed by atoms with van der Waals surface area (Å²) < 4.78 is 0. The van der Waals surface area contributed by atoms with Crippen LogP contribution in [0.3, 0.4) is 0 Å². The molecule has 2 N–H and O–H groups in total. The molecule has 0 aliphatic carbocycles. The van der Waals surface area contributed by atoms with Gasteiger partial charge in [0.1, 0.15) is 13.1 Å². The van der Waals surface area contributed by atoms with Gasteiger partial charge >= 0.3 is 0 Å². The fourth-order valence-electron chi connectivity index (χ4n) is 5.26. The molecule has 1 unspecified atom stereocenters. The highest BCUT2D eigenvalue weighted by atomic mass is 16.2. The van der Waals surface area contributed by atoms with Gasteiger partial charge in [0.15, 0.2) is 0 Å². The molecule has 1 atom stereocenters. The zero-order valence-electron chi connectivity index (χ0n) is 20.1. The fourth-order valence-corrected chi connectivity index (χ4v) is 5.26. The molecule has 0 spiro atoms. The quantitative estimate of drug-likeness (QED) is 0.214. The van der Waals surface area contributed by atoms with Crippen LogP contribution in [-0.2, 0) is 19.5 Å². The van der Waals surface area contributed by atoms with Gasteiger partial charge in [-0.25, -0.2) is 5.43 Å². The van der Waals surface area contributed by atoms with E-state index in [1.165, 1.54) is 16.7 Å². The molecule has 5 aromatic carbocycles. The van der Waals surface area contributed by atoms with Gasteiger partial charge in [-0.1, -0.05) is 84.9 Å². The molecule has 4 nitrogen and oxygen atoms in total. The molecule has 1 heterocycles. The molecule has 0 radical (unpaired) electrons. The zero-order chi connectivity index (χ0) is 24.3. The maximum atomic E-state index is 12.8. The van der Waals surface area contributed by atoms with Crippen molar-refractivity contribution >= 4 is 33.7 Å². The summed E-state index contributed by atoms with van der Waals surface area (Å²) in [6.45, 7) is 3.15. The molecule has 0 saturated carbocycles. The van der Waals surface area contributed by atoms with Gasteiger partial charge in [-0.15, -0.1) is 0 Å². The maximum absolute atomic E-state index is 12.8. The molecule has 1 aliphatic heterocycles. The van der Waals surface area contributed by atoms with Gasteiger partial charge in [0.2, 0.25) is 0 Å². The van der Waals surface area contributed by atoms with Crippen LogP contribution in [0.25, 0.3) is 21.5 Å². The first-order valence-electron chi connectivity index (χ1n) is 12.5. The summed E-state index contributed by atoms with van der Waals surface area (Å²) in [4.78, 5) is 14.3. The van der Waals surface area contributed by atoms with Crippen molar-refractivity contribution in [1.82, 2.24) is 5.43 Å². The number of nitrogens with one attached hydrogen (secondary N) is 2. The van der Waals surface area contributed by atoms with E-state index in [-0.39, 0.29) is 5.91 Å². The molecule has 5 aromatic rings. The molecular weight excluding hydrogens is 442 g/mol. The predicted octanol–water partition coefficient (Wildman–Crippen LogP) is 4.90. The van der Waals surface area contributed by atoms with Crippen LogP contribution in [0.4, 0.5) is 0 Å². The lowest BCUT2D eigenvalue weighted by atomic mass is 9.97. The summed E-state index contributed by atoms with van der Waals surface area (Å²) in [6.07, 6.45) is 2.88. The van der Waals surface area contributed by atoms with E-state index in [4.69, 9.17) is 0 Å². The van der Waals surface area contributed by atoms with Crippen molar-refractivity contribution in [2.45, 2.75) is 19.5 Å². The van der Waals surface area contributed by atoms with E-state index in [9.17, 15) is 4.79 Å². The first-order chi connectivity index (χ1) is 17.7. The number of nitrogens with zero attached hydrogens (tertiary/aromatic N) is 1. The number of hydrogen-bond acceptors (Lipinski definition) is 2. The number of rotatable bonds is 5. The minimum atomic E-state index is -0.207. The summed E-state index contributed by atoms with van der Waals surface area (Å²) in [5, 5.41) is 8.86. The van der Waals surface area contributed by atoms with Crippen LogP contribution in [0.2, 0.25) is 0 Å². The molecule has 36 heavy (non-hydrogen) atoms. The number of hydrogen-bond donors (Lipinski definition) is 2. The van der Waals surface area contributed by atoms with Gasteiger partial charge in [-0.3, -0.25) is 4.79 Å². The number of fused-ring (bicyclic) bond motifs is 3. The van der Waals surface area contributed by atoms with Crippen LogP contribution >= 0.6 is 0 Å². The number of carbonyl (C=O) groups excluding carboxylic acids is 1. The normalized spacial score (nSPS) is 15.3. The van der Waals surface area contributed by atoms with Gasteiger partial charge in [0.05, 0.1) is 12.8 Å². The third-order valence-electron chi connectivity index (χ3n) is 7.15. The van der Waals surface area contributed by atoms with E-state index < -0.39 is 0 Å². The van der Waals surface area contributed by atoms with Gasteiger partial charge in [-0.2, -0.15) is 5.10 Å². The van der Waals surface area contributed by atoms with Crippen LogP contribution < -0.4 is 10.3 Å². The molecule has 0 saturated heterocycles. The number of carbonyl (C=O) groups is 1. The molecule has 6 rings (SSSR count). The van der Waals surface area contributed by atoms with Crippen molar-refractivity contribution in [3.63, 3.8) is 0 Å². The minimum Gasteiger partial charge on any atom is -0.327 e. The lowest BCUT2D eigenvalue weighted by Crippen LogP contribution is -3.10. The lowest BCUT2D eigenvalue weighted by Gasteiger charge is -2.26. The van der Waals surface area contributed by atoms with Crippen molar-refractivity contribution in [3.05, 3.63) is 131 Å². The molecule has 0 bridgehead atoms. The summed E-state index contributed by atoms with van der Waals surface area (Å²) in [6, 6.07) is 35.3. The maximum Gasteiger partial charge on any atom is 0.271 e. The summed E-state index contributed by atoms with van der Waals surface area (Å²) in [5.41, 5.74) is 8.50.